The Kier molecular flexibility index (Phi) is 5.08. The zero-order valence-corrected chi connectivity index (χ0v) is 12.4. The van der Waals surface area contributed by atoms with Gasteiger partial charge in [-0.2, -0.15) is 4.98 Å². The molecule has 0 aliphatic rings. The van der Waals surface area contributed by atoms with Gasteiger partial charge in [0, 0.05) is 5.56 Å². The van der Waals surface area contributed by atoms with Crippen molar-refractivity contribution in [2.45, 2.75) is 13.3 Å². The number of nitrogens with one attached hydrogen (secondary N) is 1. The first-order chi connectivity index (χ1) is 11.0. The molecule has 0 atom stereocenters. The van der Waals surface area contributed by atoms with E-state index in [1.54, 1.807) is 12.1 Å². The maximum absolute atomic E-state index is 11.6. The normalized spacial score (nSPS) is 10.8. The second-order valence-electron chi connectivity index (χ2n) is 4.60. The van der Waals surface area contributed by atoms with Gasteiger partial charge in [0.2, 0.25) is 0 Å². The molecule has 0 radical (unpaired) electrons. The fourth-order valence-corrected chi connectivity index (χ4v) is 1.85. The summed E-state index contributed by atoms with van der Waals surface area (Å²) in [5.41, 5.74) is -1.24. The van der Waals surface area contributed by atoms with Gasteiger partial charge in [0.15, 0.2) is 0 Å². The predicted octanol–water partition coefficient (Wildman–Crippen LogP) is 2.34. The molecule has 120 valence electrons. The van der Waals surface area contributed by atoms with Gasteiger partial charge >= 0.3 is 11.2 Å². The summed E-state index contributed by atoms with van der Waals surface area (Å²) in [4.78, 5) is 27.0. The van der Waals surface area contributed by atoms with Gasteiger partial charge in [0.25, 0.3) is 5.88 Å². The van der Waals surface area contributed by atoms with Gasteiger partial charge in [-0.25, -0.2) is 0 Å². The Bertz CT molecular complexity index is 798. The molecule has 2 N–H and O–H groups in total. The van der Waals surface area contributed by atoms with Crippen LogP contribution in [0.25, 0.3) is 12.2 Å². The average Bonchev–Trinajstić information content (AvgIpc) is 2.50. The molecule has 2 aromatic rings. The SMILES string of the molecule is CCCOc1ccccc1/C=C/c1nc(O)c([N+](=O)[O-])c(=O)[nH]1. The molecule has 1 aromatic carbocycles. The number of rotatable bonds is 6. The van der Waals surface area contributed by atoms with Crippen molar-refractivity contribution in [3.8, 4) is 11.6 Å². The Morgan fingerprint density at radius 1 is 1.39 bits per heavy atom. The highest BCUT2D eigenvalue weighted by Gasteiger charge is 2.21. The molecule has 2 rings (SSSR count). The van der Waals surface area contributed by atoms with Crippen LogP contribution in [0.3, 0.4) is 0 Å². The van der Waals surface area contributed by atoms with Gasteiger partial charge in [-0.15, -0.1) is 0 Å². The molecule has 1 aromatic heterocycles. The van der Waals surface area contributed by atoms with E-state index in [1.165, 1.54) is 6.08 Å². The van der Waals surface area contributed by atoms with E-state index in [0.717, 1.165) is 12.0 Å². The maximum Gasteiger partial charge on any atom is 0.395 e. The van der Waals surface area contributed by atoms with Crippen molar-refractivity contribution in [3.63, 3.8) is 0 Å². The van der Waals surface area contributed by atoms with Crippen molar-refractivity contribution >= 4 is 17.8 Å². The van der Waals surface area contributed by atoms with Crippen LogP contribution in [0.4, 0.5) is 5.69 Å². The molecule has 0 amide bonds. The van der Waals surface area contributed by atoms with Gasteiger partial charge in [-0.1, -0.05) is 25.1 Å². The van der Waals surface area contributed by atoms with Gasteiger partial charge in [-0.05, 0) is 24.6 Å². The predicted molar refractivity (Wildman–Crippen MR) is 84.3 cm³/mol. The molecule has 0 aliphatic heterocycles. The van der Waals surface area contributed by atoms with Crippen molar-refractivity contribution in [1.82, 2.24) is 9.97 Å². The van der Waals surface area contributed by atoms with Crippen LogP contribution >= 0.6 is 0 Å². The summed E-state index contributed by atoms with van der Waals surface area (Å²) in [6.45, 7) is 2.56. The number of nitrogens with zero attached hydrogens (tertiary/aromatic N) is 2. The van der Waals surface area contributed by atoms with E-state index in [1.807, 2.05) is 25.1 Å². The molecule has 0 unspecified atom stereocenters. The first-order valence-corrected chi connectivity index (χ1v) is 6.90. The minimum absolute atomic E-state index is 0.00314. The summed E-state index contributed by atoms with van der Waals surface area (Å²) in [6, 6.07) is 7.27. The number of hydrogen-bond donors (Lipinski definition) is 2. The van der Waals surface area contributed by atoms with Gasteiger partial charge in [-0.3, -0.25) is 14.9 Å². The third kappa shape index (κ3) is 3.94. The monoisotopic (exact) mass is 317 g/mol. The molecule has 0 aliphatic carbocycles. The number of ether oxygens (including phenoxy) is 1. The minimum Gasteiger partial charge on any atom is -0.493 e. The largest absolute Gasteiger partial charge is 0.493 e. The van der Waals surface area contributed by atoms with Crippen molar-refractivity contribution < 1.29 is 14.8 Å². The maximum atomic E-state index is 11.6. The number of aromatic nitrogens is 2. The van der Waals surface area contributed by atoms with Crippen LogP contribution in [-0.4, -0.2) is 26.6 Å². The summed E-state index contributed by atoms with van der Waals surface area (Å²) < 4.78 is 5.59. The lowest BCUT2D eigenvalue weighted by molar-refractivity contribution is -0.387. The van der Waals surface area contributed by atoms with Gasteiger partial charge in [0.1, 0.15) is 11.6 Å². The summed E-state index contributed by atoms with van der Waals surface area (Å²) >= 11 is 0. The highest BCUT2D eigenvalue weighted by Crippen LogP contribution is 2.21. The average molecular weight is 317 g/mol. The number of benzene rings is 1. The molecule has 0 saturated carbocycles. The van der Waals surface area contributed by atoms with Crippen LogP contribution in [-0.2, 0) is 0 Å². The molecule has 0 bridgehead atoms. The van der Waals surface area contributed by atoms with Crippen LogP contribution in [0.2, 0.25) is 0 Å². The number of hydrogen-bond acceptors (Lipinski definition) is 6. The lowest BCUT2D eigenvalue weighted by Crippen LogP contribution is -2.14. The van der Waals surface area contributed by atoms with Crippen molar-refractivity contribution in [1.29, 1.82) is 0 Å². The highest BCUT2D eigenvalue weighted by atomic mass is 16.6. The Morgan fingerprint density at radius 3 is 2.78 bits per heavy atom. The van der Waals surface area contributed by atoms with E-state index in [2.05, 4.69) is 9.97 Å². The summed E-state index contributed by atoms with van der Waals surface area (Å²) in [5.74, 6) is -0.253. The zero-order chi connectivity index (χ0) is 16.8. The van der Waals surface area contributed by atoms with E-state index in [9.17, 15) is 20.0 Å². The van der Waals surface area contributed by atoms with E-state index in [4.69, 9.17) is 4.74 Å². The van der Waals surface area contributed by atoms with Crippen LogP contribution in [0, 0.1) is 10.1 Å². The fraction of sp³-hybridized carbons (Fsp3) is 0.200. The molecule has 23 heavy (non-hydrogen) atoms. The quantitative estimate of drug-likeness (QED) is 0.623. The third-order valence-corrected chi connectivity index (χ3v) is 2.88. The van der Waals surface area contributed by atoms with E-state index < -0.39 is 22.0 Å². The molecule has 0 fully saturated rings. The summed E-state index contributed by atoms with van der Waals surface area (Å²) in [7, 11) is 0. The second-order valence-corrected chi connectivity index (χ2v) is 4.60. The van der Waals surface area contributed by atoms with Gasteiger partial charge in [0.05, 0.1) is 11.5 Å². The minimum atomic E-state index is -1.02. The Morgan fingerprint density at radius 2 is 2.13 bits per heavy atom. The van der Waals surface area contributed by atoms with Crippen molar-refractivity contribution in [3.05, 3.63) is 56.1 Å². The van der Waals surface area contributed by atoms with E-state index in [-0.39, 0.29) is 5.82 Å². The van der Waals surface area contributed by atoms with Crippen molar-refractivity contribution in [2.24, 2.45) is 0 Å². The highest BCUT2D eigenvalue weighted by molar-refractivity contribution is 5.70. The number of aromatic hydroxyl groups is 1. The third-order valence-electron chi connectivity index (χ3n) is 2.88. The smallest absolute Gasteiger partial charge is 0.395 e. The second kappa shape index (κ2) is 7.21. The molecular weight excluding hydrogens is 302 g/mol. The van der Waals surface area contributed by atoms with Crippen LogP contribution < -0.4 is 10.3 Å². The first-order valence-electron chi connectivity index (χ1n) is 6.90. The molecule has 0 saturated heterocycles. The van der Waals surface area contributed by atoms with Crippen LogP contribution in [0.5, 0.6) is 11.6 Å². The molecular formula is C15H15N3O5. The van der Waals surface area contributed by atoms with E-state index >= 15 is 0 Å². The van der Waals surface area contributed by atoms with E-state index in [0.29, 0.717) is 12.4 Å². The lowest BCUT2D eigenvalue weighted by Gasteiger charge is -2.07. The molecule has 1 heterocycles. The van der Waals surface area contributed by atoms with Crippen molar-refractivity contribution in [2.75, 3.05) is 6.61 Å². The Hall–Kier alpha value is -3.16. The Labute approximate surface area is 131 Å². The lowest BCUT2D eigenvalue weighted by atomic mass is 10.2. The summed E-state index contributed by atoms with van der Waals surface area (Å²) in [6.07, 6.45) is 3.93. The van der Waals surface area contributed by atoms with Crippen LogP contribution in [0.1, 0.15) is 24.7 Å². The Balaban J connectivity index is 2.31. The number of H-pyrrole nitrogens is 1. The van der Waals surface area contributed by atoms with Gasteiger partial charge < -0.3 is 14.8 Å². The fourth-order valence-electron chi connectivity index (χ4n) is 1.85. The molecule has 8 nitrogen and oxygen atoms in total. The molecule has 0 spiro atoms. The first kappa shape index (κ1) is 16.2. The zero-order valence-electron chi connectivity index (χ0n) is 12.4. The standard InChI is InChI=1S/C15H15N3O5/c1-2-9-23-11-6-4-3-5-10(11)7-8-12-16-14(19)13(18(21)22)15(20)17-12/h3-8H,2,9H2,1H3,(H2,16,17,19,20)/b8-7+. The summed E-state index contributed by atoms with van der Waals surface area (Å²) in [5, 5.41) is 20.1. The molecule has 8 heteroatoms. The topological polar surface area (TPSA) is 118 Å². The number of aromatic amines is 1. The van der Waals surface area contributed by atoms with Crippen LogP contribution in [0.15, 0.2) is 29.1 Å². The number of nitro groups is 1. The number of para-hydroxylation sites is 1.